The highest BCUT2D eigenvalue weighted by Crippen LogP contribution is 2.21. The molecule has 21 heavy (non-hydrogen) atoms. The van der Waals surface area contributed by atoms with E-state index in [1.807, 2.05) is 32.0 Å². The maximum atomic E-state index is 11.9. The molecule has 0 aliphatic heterocycles. The molecule has 1 aromatic carbocycles. The summed E-state index contributed by atoms with van der Waals surface area (Å²) >= 11 is 1.29. The number of nitrogens with one attached hydrogen (secondary N) is 1. The average Bonchev–Trinajstić information content (AvgIpc) is 3.01. The van der Waals surface area contributed by atoms with E-state index >= 15 is 0 Å². The fourth-order valence-corrected chi connectivity index (χ4v) is 2.59. The van der Waals surface area contributed by atoms with Crippen LogP contribution in [0.5, 0.6) is 0 Å². The van der Waals surface area contributed by atoms with E-state index < -0.39 is 5.97 Å². The molecule has 0 aliphatic carbocycles. The van der Waals surface area contributed by atoms with E-state index in [1.165, 1.54) is 11.3 Å². The molecule has 5 heteroatoms. The Morgan fingerprint density at radius 2 is 2.05 bits per heavy atom. The quantitative estimate of drug-likeness (QED) is 0.861. The number of ether oxygens (including phenoxy) is 1. The minimum absolute atomic E-state index is 0.284. The Balaban J connectivity index is 1.95. The fourth-order valence-electron chi connectivity index (χ4n) is 1.97. The zero-order valence-corrected chi connectivity index (χ0v) is 12.8. The van der Waals surface area contributed by atoms with Gasteiger partial charge in [-0.25, -0.2) is 4.79 Å². The number of rotatable bonds is 5. The second-order valence-electron chi connectivity index (χ2n) is 4.56. The zero-order valence-electron chi connectivity index (χ0n) is 12.0. The Kier molecular flexibility index (Phi) is 5.11. The lowest BCUT2D eigenvalue weighted by atomic mass is 10.1. The van der Waals surface area contributed by atoms with Crippen molar-refractivity contribution < 1.29 is 14.3 Å². The number of hydrogen-bond acceptors (Lipinski definition) is 4. The molecule has 0 saturated heterocycles. The van der Waals surface area contributed by atoms with Crippen LogP contribution in [0.15, 0.2) is 35.7 Å². The van der Waals surface area contributed by atoms with Crippen molar-refractivity contribution in [1.29, 1.82) is 0 Å². The van der Waals surface area contributed by atoms with E-state index in [-0.39, 0.29) is 12.5 Å². The van der Waals surface area contributed by atoms with Crippen LogP contribution in [-0.2, 0) is 16.0 Å². The smallest absolute Gasteiger partial charge is 0.348 e. The molecule has 0 radical (unpaired) electrons. The Bertz CT molecular complexity index is 635. The normalized spacial score (nSPS) is 10.2. The third-order valence-corrected chi connectivity index (χ3v) is 3.91. The molecule has 110 valence electrons. The van der Waals surface area contributed by atoms with Gasteiger partial charge in [-0.3, -0.25) is 4.79 Å². The second-order valence-corrected chi connectivity index (χ2v) is 5.51. The minimum Gasteiger partial charge on any atom is -0.451 e. The van der Waals surface area contributed by atoms with Crippen LogP contribution in [0.2, 0.25) is 0 Å². The highest BCUT2D eigenvalue weighted by atomic mass is 32.1. The lowest BCUT2D eigenvalue weighted by Gasteiger charge is -2.12. The van der Waals surface area contributed by atoms with Gasteiger partial charge >= 0.3 is 5.97 Å². The van der Waals surface area contributed by atoms with Gasteiger partial charge < -0.3 is 10.1 Å². The van der Waals surface area contributed by atoms with Crippen molar-refractivity contribution in [2.45, 2.75) is 20.3 Å². The van der Waals surface area contributed by atoms with Crippen molar-refractivity contribution in [3.8, 4) is 0 Å². The van der Waals surface area contributed by atoms with Crippen molar-refractivity contribution in [2.24, 2.45) is 0 Å². The van der Waals surface area contributed by atoms with Crippen molar-refractivity contribution in [1.82, 2.24) is 0 Å². The molecule has 1 heterocycles. The first-order chi connectivity index (χ1) is 10.1. The van der Waals surface area contributed by atoms with E-state index in [2.05, 4.69) is 5.32 Å². The van der Waals surface area contributed by atoms with Gasteiger partial charge in [-0.2, -0.15) is 0 Å². The Morgan fingerprint density at radius 3 is 2.71 bits per heavy atom. The molecule has 0 saturated carbocycles. The van der Waals surface area contributed by atoms with Crippen molar-refractivity contribution in [3.63, 3.8) is 0 Å². The summed E-state index contributed by atoms with van der Waals surface area (Å²) in [6.07, 6.45) is 0.826. The molecule has 2 rings (SSSR count). The predicted octanol–water partition coefficient (Wildman–Crippen LogP) is 3.41. The first-order valence-corrected chi connectivity index (χ1v) is 7.58. The molecule has 0 aliphatic rings. The van der Waals surface area contributed by atoms with Crippen LogP contribution in [0.25, 0.3) is 0 Å². The lowest BCUT2D eigenvalue weighted by Crippen LogP contribution is -2.21. The lowest BCUT2D eigenvalue weighted by molar-refractivity contribution is -0.119. The minimum atomic E-state index is -0.472. The summed E-state index contributed by atoms with van der Waals surface area (Å²) in [6.45, 7) is 3.68. The number of thiophene rings is 1. The van der Waals surface area contributed by atoms with Gasteiger partial charge in [0.1, 0.15) is 4.88 Å². The highest BCUT2D eigenvalue weighted by Gasteiger charge is 2.13. The Morgan fingerprint density at radius 1 is 1.24 bits per heavy atom. The molecule has 0 bridgehead atoms. The number of aryl methyl sites for hydroxylation is 2. The number of benzene rings is 1. The SMILES string of the molecule is CCc1cccc(C)c1NC(=O)COC(=O)c1cccs1. The van der Waals surface area contributed by atoms with E-state index in [0.29, 0.717) is 4.88 Å². The monoisotopic (exact) mass is 303 g/mol. The van der Waals surface area contributed by atoms with Gasteiger partial charge in [-0.1, -0.05) is 31.2 Å². The van der Waals surface area contributed by atoms with Crippen LogP contribution in [0.1, 0.15) is 27.7 Å². The molecule has 0 fully saturated rings. The largest absolute Gasteiger partial charge is 0.451 e. The molecule has 1 amide bonds. The summed E-state index contributed by atoms with van der Waals surface area (Å²) in [4.78, 5) is 24.1. The van der Waals surface area contributed by atoms with Crippen LogP contribution in [0.4, 0.5) is 5.69 Å². The number of para-hydroxylation sites is 1. The molecular weight excluding hydrogens is 286 g/mol. The van der Waals surface area contributed by atoms with Gasteiger partial charge in [0.2, 0.25) is 0 Å². The van der Waals surface area contributed by atoms with Crippen LogP contribution in [-0.4, -0.2) is 18.5 Å². The second kappa shape index (κ2) is 7.04. The maximum Gasteiger partial charge on any atom is 0.348 e. The molecule has 1 N–H and O–H groups in total. The van der Waals surface area contributed by atoms with Gasteiger partial charge in [-0.15, -0.1) is 11.3 Å². The summed E-state index contributed by atoms with van der Waals surface area (Å²) in [5.74, 6) is -0.801. The molecular formula is C16H17NO3S. The number of carbonyl (C=O) groups is 2. The Hall–Kier alpha value is -2.14. The standard InChI is InChI=1S/C16H17NO3S/c1-3-12-7-4-6-11(2)15(12)17-14(18)10-20-16(19)13-8-5-9-21-13/h4-9H,3,10H2,1-2H3,(H,17,18). The number of amides is 1. The molecule has 0 spiro atoms. The van der Waals surface area contributed by atoms with Gasteiger partial charge in [0.05, 0.1) is 0 Å². The van der Waals surface area contributed by atoms with Crippen LogP contribution < -0.4 is 5.32 Å². The van der Waals surface area contributed by atoms with Gasteiger partial charge in [-0.05, 0) is 35.9 Å². The summed E-state index contributed by atoms with van der Waals surface area (Å²) in [5, 5.41) is 4.61. The summed E-state index contributed by atoms with van der Waals surface area (Å²) < 4.78 is 4.99. The molecule has 0 atom stereocenters. The summed E-state index contributed by atoms with van der Waals surface area (Å²) in [5.41, 5.74) is 2.86. The number of hydrogen-bond donors (Lipinski definition) is 1. The van der Waals surface area contributed by atoms with Crippen molar-refractivity contribution in [3.05, 3.63) is 51.7 Å². The molecule has 1 aromatic heterocycles. The van der Waals surface area contributed by atoms with E-state index in [0.717, 1.165) is 23.2 Å². The molecule has 2 aromatic rings. The zero-order chi connectivity index (χ0) is 15.2. The average molecular weight is 303 g/mol. The third-order valence-electron chi connectivity index (χ3n) is 3.06. The first-order valence-electron chi connectivity index (χ1n) is 6.70. The van der Waals surface area contributed by atoms with E-state index in [4.69, 9.17) is 4.74 Å². The number of anilines is 1. The van der Waals surface area contributed by atoms with Crippen LogP contribution >= 0.6 is 11.3 Å². The highest BCUT2D eigenvalue weighted by molar-refractivity contribution is 7.11. The molecule has 4 nitrogen and oxygen atoms in total. The van der Waals surface area contributed by atoms with Gasteiger partial charge in [0.15, 0.2) is 6.61 Å². The maximum absolute atomic E-state index is 11.9. The topological polar surface area (TPSA) is 55.4 Å². The first kappa shape index (κ1) is 15.3. The van der Waals surface area contributed by atoms with Crippen molar-refractivity contribution >= 4 is 28.9 Å². The van der Waals surface area contributed by atoms with Crippen LogP contribution in [0, 0.1) is 6.92 Å². The third kappa shape index (κ3) is 3.92. The van der Waals surface area contributed by atoms with E-state index in [9.17, 15) is 9.59 Å². The molecule has 0 unspecified atom stereocenters. The summed E-state index contributed by atoms with van der Waals surface area (Å²) in [6, 6.07) is 9.30. The van der Waals surface area contributed by atoms with Gasteiger partial charge in [0, 0.05) is 5.69 Å². The number of esters is 1. The van der Waals surface area contributed by atoms with E-state index in [1.54, 1.807) is 17.5 Å². The Labute approximate surface area is 127 Å². The fraction of sp³-hybridized carbons (Fsp3) is 0.250. The summed E-state index contributed by atoms with van der Waals surface area (Å²) in [7, 11) is 0. The van der Waals surface area contributed by atoms with Crippen molar-refractivity contribution in [2.75, 3.05) is 11.9 Å². The number of carbonyl (C=O) groups excluding carboxylic acids is 2. The predicted molar refractivity (Wildman–Crippen MR) is 83.8 cm³/mol. The van der Waals surface area contributed by atoms with Gasteiger partial charge in [0.25, 0.3) is 5.91 Å². The van der Waals surface area contributed by atoms with Crippen LogP contribution in [0.3, 0.4) is 0 Å².